The average Bonchev–Trinajstić information content (AvgIpc) is 3.25. The lowest BCUT2D eigenvalue weighted by molar-refractivity contribution is -0.161. The van der Waals surface area contributed by atoms with Crippen LogP contribution in [0.15, 0.2) is 85.1 Å². The third-order valence-electron chi connectivity index (χ3n) is 9.77. The maximum atomic E-state index is 12.6. The zero-order valence-electron chi connectivity index (χ0n) is 38.6. The van der Waals surface area contributed by atoms with Crippen LogP contribution in [0.25, 0.3) is 0 Å². The molecule has 350 valence electrons. The number of hydrogen-bond acceptors (Lipinski definition) is 8. The molecule has 0 aliphatic heterocycles. The lowest BCUT2D eigenvalue weighted by atomic mass is 10.1. The molecule has 0 bridgehead atoms. The van der Waals surface area contributed by atoms with E-state index >= 15 is 0 Å². The van der Waals surface area contributed by atoms with Crippen LogP contribution in [0.3, 0.4) is 0 Å². The van der Waals surface area contributed by atoms with Gasteiger partial charge in [0.15, 0.2) is 6.10 Å². The zero-order chi connectivity index (χ0) is 44.6. The van der Waals surface area contributed by atoms with Crippen LogP contribution < -0.4 is 5.73 Å². The number of ether oxygens (including phenoxy) is 2. The van der Waals surface area contributed by atoms with Crippen LogP contribution in [0, 0.1) is 0 Å². The maximum absolute atomic E-state index is 12.6. The number of phosphoric acid groups is 1. The Balaban J connectivity index is 4.15. The Morgan fingerprint density at radius 1 is 0.508 bits per heavy atom. The number of carbonyl (C=O) groups is 2. The van der Waals surface area contributed by atoms with E-state index in [2.05, 4.69) is 98.9 Å². The van der Waals surface area contributed by atoms with Gasteiger partial charge < -0.3 is 20.1 Å². The fourth-order valence-corrected chi connectivity index (χ4v) is 6.99. The number of rotatable bonds is 44. The van der Waals surface area contributed by atoms with Crippen molar-refractivity contribution >= 4 is 19.8 Å². The summed E-state index contributed by atoms with van der Waals surface area (Å²) in [6.07, 6.45) is 58.9. The molecule has 0 fully saturated rings. The van der Waals surface area contributed by atoms with E-state index in [0.717, 1.165) is 96.3 Å². The number of unbranched alkanes of at least 4 members (excludes halogenated alkanes) is 17. The second-order valence-corrected chi connectivity index (χ2v) is 17.0. The SMILES string of the molecule is CC/C=C\C/C=C\C/C=C\C/C=C\CCCCCCCCCCC(=O)OC(COC(=O)CCCCCCCC/C=C\C/C=C\C/C=C\CCCCC)COP(=O)(O)OCCN. The molecule has 0 saturated heterocycles. The first-order chi connectivity index (χ1) is 29.8. The molecule has 0 radical (unpaired) electrons. The molecular formula is C51H88NO8P. The summed E-state index contributed by atoms with van der Waals surface area (Å²) < 4.78 is 32.9. The van der Waals surface area contributed by atoms with Gasteiger partial charge in [0.05, 0.1) is 13.2 Å². The Morgan fingerprint density at radius 2 is 0.902 bits per heavy atom. The summed E-state index contributed by atoms with van der Waals surface area (Å²) in [5.41, 5.74) is 5.36. The molecule has 2 unspecified atom stereocenters. The standard InChI is InChI=1S/C51H88NO8P/c1-3-5-7-9-11-13-15-17-19-21-23-24-26-28-30-32-34-36-38-40-42-44-51(54)60-49(48-59-61(55,56)58-46-45-52)47-57-50(53)43-41-39-37-35-33-31-29-27-25-22-20-18-16-14-12-10-8-6-4-2/h5,7,11-14,17-20,23-25,27,49H,3-4,6,8-10,15-16,21-22,26,28-48,52H2,1-2H3,(H,55,56)/b7-5-,13-11-,14-12-,19-17-,20-18-,24-23-,27-25-. The molecule has 0 heterocycles. The predicted molar refractivity (Wildman–Crippen MR) is 256 cm³/mol. The predicted octanol–water partition coefficient (Wildman–Crippen LogP) is 14.4. The number of phosphoric ester groups is 1. The second kappa shape index (κ2) is 46.7. The second-order valence-electron chi connectivity index (χ2n) is 15.6. The van der Waals surface area contributed by atoms with Crippen molar-refractivity contribution < 1.29 is 37.6 Å². The van der Waals surface area contributed by atoms with Crippen LogP contribution in [0.4, 0.5) is 0 Å². The summed E-state index contributed by atoms with van der Waals surface area (Å²) in [6, 6.07) is 0. The molecule has 0 rings (SSSR count). The molecule has 0 amide bonds. The number of hydrogen-bond donors (Lipinski definition) is 2. The minimum Gasteiger partial charge on any atom is -0.462 e. The first-order valence-corrected chi connectivity index (χ1v) is 25.6. The van der Waals surface area contributed by atoms with Gasteiger partial charge in [0.1, 0.15) is 6.61 Å². The van der Waals surface area contributed by atoms with Crippen LogP contribution in [-0.2, 0) is 32.7 Å². The lowest BCUT2D eigenvalue weighted by Crippen LogP contribution is -2.29. The van der Waals surface area contributed by atoms with Crippen LogP contribution in [0.1, 0.15) is 194 Å². The molecule has 9 nitrogen and oxygen atoms in total. The van der Waals surface area contributed by atoms with Crippen molar-refractivity contribution in [2.45, 2.75) is 200 Å². The van der Waals surface area contributed by atoms with Gasteiger partial charge in [-0.05, 0) is 89.9 Å². The summed E-state index contributed by atoms with van der Waals surface area (Å²) in [5.74, 6) is -0.857. The van der Waals surface area contributed by atoms with Gasteiger partial charge in [0.25, 0.3) is 0 Å². The quantitative estimate of drug-likeness (QED) is 0.0265. The largest absolute Gasteiger partial charge is 0.472 e. The highest BCUT2D eigenvalue weighted by atomic mass is 31.2. The summed E-state index contributed by atoms with van der Waals surface area (Å²) in [6.45, 7) is 3.56. The summed E-state index contributed by atoms with van der Waals surface area (Å²) >= 11 is 0. The number of carbonyl (C=O) groups excluding carboxylic acids is 2. The smallest absolute Gasteiger partial charge is 0.462 e. The van der Waals surface area contributed by atoms with Gasteiger partial charge >= 0.3 is 19.8 Å². The van der Waals surface area contributed by atoms with E-state index in [0.29, 0.717) is 12.8 Å². The molecule has 0 spiro atoms. The number of nitrogens with two attached hydrogens (primary N) is 1. The van der Waals surface area contributed by atoms with E-state index < -0.39 is 32.5 Å². The van der Waals surface area contributed by atoms with Crippen LogP contribution >= 0.6 is 7.82 Å². The van der Waals surface area contributed by atoms with E-state index in [4.69, 9.17) is 24.3 Å². The van der Waals surface area contributed by atoms with Gasteiger partial charge in [0, 0.05) is 19.4 Å². The Hall–Kier alpha value is -2.81. The van der Waals surface area contributed by atoms with E-state index in [1.807, 2.05) is 0 Å². The minimum absolute atomic E-state index is 0.0455. The molecule has 0 saturated carbocycles. The molecule has 0 aromatic rings. The summed E-state index contributed by atoms with van der Waals surface area (Å²) in [4.78, 5) is 35.0. The molecule has 0 aromatic carbocycles. The van der Waals surface area contributed by atoms with E-state index in [1.54, 1.807) is 0 Å². The Morgan fingerprint density at radius 3 is 1.34 bits per heavy atom. The average molecular weight is 874 g/mol. The van der Waals surface area contributed by atoms with Crippen molar-refractivity contribution in [3.8, 4) is 0 Å². The molecule has 3 N–H and O–H groups in total. The molecule has 2 atom stereocenters. The Bertz CT molecular complexity index is 1270. The third kappa shape index (κ3) is 46.5. The summed E-state index contributed by atoms with van der Waals surface area (Å²) in [5, 5.41) is 0. The zero-order valence-corrected chi connectivity index (χ0v) is 39.5. The van der Waals surface area contributed by atoms with Gasteiger partial charge in [-0.25, -0.2) is 4.57 Å². The van der Waals surface area contributed by atoms with Gasteiger partial charge in [-0.15, -0.1) is 0 Å². The third-order valence-corrected chi connectivity index (χ3v) is 10.7. The van der Waals surface area contributed by atoms with Crippen molar-refractivity contribution in [3.63, 3.8) is 0 Å². The highest BCUT2D eigenvalue weighted by Gasteiger charge is 2.26. The molecule has 61 heavy (non-hydrogen) atoms. The molecule has 0 aromatic heterocycles. The topological polar surface area (TPSA) is 134 Å². The lowest BCUT2D eigenvalue weighted by Gasteiger charge is -2.19. The maximum Gasteiger partial charge on any atom is 0.472 e. The monoisotopic (exact) mass is 874 g/mol. The van der Waals surface area contributed by atoms with Crippen LogP contribution in [0.2, 0.25) is 0 Å². The van der Waals surface area contributed by atoms with Crippen molar-refractivity contribution in [2.75, 3.05) is 26.4 Å². The first-order valence-electron chi connectivity index (χ1n) is 24.1. The molecule has 0 aliphatic carbocycles. The van der Waals surface area contributed by atoms with Gasteiger partial charge in [-0.3, -0.25) is 18.6 Å². The fourth-order valence-electron chi connectivity index (χ4n) is 6.22. The highest BCUT2D eigenvalue weighted by Crippen LogP contribution is 2.43. The van der Waals surface area contributed by atoms with E-state index in [9.17, 15) is 19.0 Å². The van der Waals surface area contributed by atoms with Gasteiger partial charge in [0.2, 0.25) is 0 Å². The van der Waals surface area contributed by atoms with E-state index in [1.165, 1.54) is 57.8 Å². The first kappa shape index (κ1) is 58.2. The number of esters is 2. The Labute approximate surface area is 373 Å². The van der Waals surface area contributed by atoms with Crippen LogP contribution in [0.5, 0.6) is 0 Å². The van der Waals surface area contributed by atoms with E-state index in [-0.39, 0.29) is 32.6 Å². The highest BCUT2D eigenvalue weighted by molar-refractivity contribution is 7.47. The molecule has 10 heteroatoms. The van der Waals surface area contributed by atoms with Crippen molar-refractivity contribution in [2.24, 2.45) is 5.73 Å². The van der Waals surface area contributed by atoms with Gasteiger partial charge in [-0.2, -0.15) is 0 Å². The minimum atomic E-state index is -4.39. The number of allylic oxidation sites excluding steroid dienone is 14. The molecular weight excluding hydrogens is 786 g/mol. The van der Waals surface area contributed by atoms with Gasteiger partial charge in [-0.1, -0.05) is 176 Å². The normalized spacial score (nSPS) is 14.0. The van der Waals surface area contributed by atoms with Crippen LogP contribution in [-0.4, -0.2) is 49.3 Å². The molecule has 0 aliphatic rings. The van der Waals surface area contributed by atoms with Crippen molar-refractivity contribution in [1.29, 1.82) is 0 Å². The summed E-state index contributed by atoms with van der Waals surface area (Å²) in [7, 11) is -4.39. The van der Waals surface area contributed by atoms with Crippen molar-refractivity contribution in [3.05, 3.63) is 85.1 Å². The van der Waals surface area contributed by atoms with Crippen molar-refractivity contribution in [1.82, 2.24) is 0 Å². The fraction of sp³-hybridized carbons (Fsp3) is 0.686. The Kier molecular flexibility index (Phi) is 44.5.